The van der Waals surface area contributed by atoms with Gasteiger partial charge < -0.3 is 0 Å². The predicted molar refractivity (Wildman–Crippen MR) is 183 cm³/mol. The lowest BCUT2D eigenvalue weighted by atomic mass is 10.0. The van der Waals surface area contributed by atoms with Gasteiger partial charge in [-0.3, -0.25) is 0 Å². The zero-order valence-electron chi connectivity index (χ0n) is 24.9. The molecule has 40 heavy (non-hydrogen) atoms. The topological polar surface area (TPSA) is 0 Å². The zero-order chi connectivity index (χ0) is 28.7. The highest BCUT2D eigenvalue weighted by Crippen LogP contribution is 2.23. The molecule has 0 atom stereocenters. The minimum absolute atomic E-state index is 1.08. The lowest BCUT2D eigenvalue weighted by molar-refractivity contribution is 0.816. The van der Waals surface area contributed by atoms with Crippen molar-refractivity contribution in [3.05, 3.63) is 138 Å². The fourth-order valence-corrected chi connectivity index (χ4v) is 6.24. The Hall–Kier alpha value is -2.16. The van der Waals surface area contributed by atoms with Crippen molar-refractivity contribution in [2.45, 2.75) is 91.9 Å². The minimum Gasteiger partial charge on any atom is -0.0613 e. The van der Waals surface area contributed by atoms with E-state index in [2.05, 4.69) is 144 Å². The Morgan fingerprint density at radius 1 is 0.375 bits per heavy atom. The van der Waals surface area contributed by atoms with Crippen LogP contribution in [0.5, 0.6) is 0 Å². The zero-order valence-corrected chi connectivity index (χ0v) is 28.1. The summed E-state index contributed by atoms with van der Waals surface area (Å²) in [6.07, 6.45) is 11.5. The second-order valence-electron chi connectivity index (χ2n) is 10.6. The summed E-state index contributed by atoms with van der Waals surface area (Å²) in [5.41, 5.74) is 11.4. The second kappa shape index (κ2) is 17.6. The second-order valence-corrected chi connectivity index (χ2v) is 12.3. The quantitative estimate of drug-likeness (QED) is 0.142. The summed E-state index contributed by atoms with van der Waals surface area (Å²) in [7, 11) is 0. The first-order valence-corrected chi connectivity index (χ1v) is 16.7. The van der Waals surface area contributed by atoms with E-state index in [1.807, 2.05) is 0 Å². The van der Waals surface area contributed by atoms with Gasteiger partial charge in [-0.1, -0.05) is 132 Å². The van der Waals surface area contributed by atoms with Gasteiger partial charge in [0.25, 0.3) is 0 Å². The standard InChI is InChI=1S/C19H22Br2.C19H24/c1-3-14-8-11-17(19(21)12-14)7-5-6-15-9-10-16(4-2)18(20)13-15;1-3-16-8-12-18(13-9-16)6-5-7-19-14-10-17(4-2)11-15-19/h8-13H,3-7H2,1-2H3;8-15H,3-7H2,1-2H3. The van der Waals surface area contributed by atoms with Crippen molar-refractivity contribution in [2.75, 3.05) is 0 Å². The molecule has 0 amide bonds. The Kier molecular flexibility index (Phi) is 14.2. The van der Waals surface area contributed by atoms with E-state index in [1.165, 1.54) is 79.1 Å². The van der Waals surface area contributed by atoms with Gasteiger partial charge in [0, 0.05) is 8.95 Å². The summed E-state index contributed by atoms with van der Waals surface area (Å²) >= 11 is 7.36. The van der Waals surface area contributed by atoms with Crippen LogP contribution in [0.4, 0.5) is 0 Å². The molecule has 0 N–H and O–H groups in total. The molecule has 0 radical (unpaired) electrons. The molecule has 0 heterocycles. The first kappa shape index (κ1) is 32.4. The first-order chi connectivity index (χ1) is 19.4. The van der Waals surface area contributed by atoms with Crippen LogP contribution in [-0.2, 0) is 51.4 Å². The van der Waals surface area contributed by atoms with Crippen LogP contribution in [-0.4, -0.2) is 0 Å². The van der Waals surface area contributed by atoms with E-state index >= 15 is 0 Å². The van der Waals surface area contributed by atoms with Crippen molar-refractivity contribution in [1.29, 1.82) is 0 Å². The fourth-order valence-electron chi connectivity index (χ4n) is 4.91. The molecule has 4 aromatic carbocycles. The Morgan fingerprint density at radius 2 is 0.750 bits per heavy atom. The molecule has 0 aliphatic carbocycles. The van der Waals surface area contributed by atoms with Crippen molar-refractivity contribution in [3.63, 3.8) is 0 Å². The molecule has 4 rings (SSSR count). The van der Waals surface area contributed by atoms with Gasteiger partial charge in [0.05, 0.1) is 0 Å². The summed E-state index contributed by atoms with van der Waals surface area (Å²) in [5.74, 6) is 0. The van der Waals surface area contributed by atoms with Gasteiger partial charge in [-0.15, -0.1) is 0 Å². The minimum atomic E-state index is 1.08. The average Bonchev–Trinajstić information content (AvgIpc) is 2.99. The maximum atomic E-state index is 3.70. The summed E-state index contributed by atoms with van der Waals surface area (Å²) < 4.78 is 2.50. The van der Waals surface area contributed by atoms with Gasteiger partial charge in [0.2, 0.25) is 0 Å². The van der Waals surface area contributed by atoms with E-state index in [0.29, 0.717) is 0 Å². The Labute approximate surface area is 260 Å². The normalized spacial score (nSPS) is 10.8. The lowest BCUT2D eigenvalue weighted by Gasteiger charge is -2.08. The Balaban J connectivity index is 0.000000222. The SMILES string of the molecule is CCc1ccc(CCCc2ccc(CC)c(Br)c2)c(Br)c1.CCc1ccc(CCCc2ccc(CC)cc2)cc1. The van der Waals surface area contributed by atoms with E-state index in [-0.39, 0.29) is 0 Å². The maximum absolute atomic E-state index is 3.70. The summed E-state index contributed by atoms with van der Waals surface area (Å²) in [5, 5.41) is 0. The molecule has 212 valence electrons. The molecule has 0 bridgehead atoms. The summed E-state index contributed by atoms with van der Waals surface area (Å²) in [6, 6.07) is 31.7. The first-order valence-electron chi connectivity index (χ1n) is 15.2. The molecule has 0 unspecified atom stereocenters. The highest BCUT2D eigenvalue weighted by Gasteiger charge is 2.04. The van der Waals surface area contributed by atoms with Gasteiger partial charge in [-0.05, 0) is 121 Å². The monoisotopic (exact) mass is 660 g/mol. The van der Waals surface area contributed by atoms with Crippen LogP contribution in [0, 0.1) is 0 Å². The Morgan fingerprint density at radius 3 is 1.23 bits per heavy atom. The van der Waals surface area contributed by atoms with Gasteiger partial charge in [-0.2, -0.15) is 0 Å². The van der Waals surface area contributed by atoms with E-state index in [4.69, 9.17) is 0 Å². The highest BCUT2D eigenvalue weighted by atomic mass is 79.9. The van der Waals surface area contributed by atoms with E-state index < -0.39 is 0 Å². The molecule has 0 aromatic heterocycles. The van der Waals surface area contributed by atoms with Crippen molar-refractivity contribution in [1.82, 2.24) is 0 Å². The molecule has 0 aliphatic rings. The van der Waals surface area contributed by atoms with Crippen LogP contribution < -0.4 is 0 Å². The molecule has 0 spiro atoms. The number of hydrogen-bond donors (Lipinski definition) is 0. The number of benzene rings is 4. The molecule has 0 nitrogen and oxygen atoms in total. The number of rotatable bonds is 12. The number of aryl methyl sites for hydroxylation is 8. The predicted octanol–water partition coefficient (Wildman–Crippen LogP) is 11.5. The van der Waals surface area contributed by atoms with Gasteiger partial charge >= 0.3 is 0 Å². The molecule has 0 fully saturated rings. The smallest absolute Gasteiger partial charge is 0.0210 e. The molecule has 2 heteroatoms. The van der Waals surface area contributed by atoms with Crippen LogP contribution in [0.3, 0.4) is 0 Å². The van der Waals surface area contributed by atoms with Crippen LogP contribution in [0.15, 0.2) is 93.9 Å². The van der Waals surface area contributed by atoms with Crippen LogP contribution in [0.1, 0.15) is 85.0 Å². The molecular formula is C38H46Br2. The van der Waals surface area contributed by atoms with E-state index in [0.717, 1.165) is 38.5 Å². The van der Waals surface area contributed by atoms with Crippen LogP contribution >= 0.6 is 31.9 Å². The van der Waals surface area contributed by atoms with Crippen molar-refractivity contribution >= 4 is 31.9 Å². The average molecular weight is 663 g/mol. The number of halogens is 2. The largest absolute Gasteiger partial charge is 0.0613 e. The fraction of sp³-hybridized carbons (Fsp3) is 0.368. The third-order valence-corrected chi connectivity index (χ3v) is 9.21. The molecular weight excluding hydrogens is 616 g/mol. The number of hydrogen-bond acceptors (Lipinski definition) is 0. The highest BCUT2D eigenvalue weighted by molar-refractivity contribution is 9.10. The molecule has 0 saturated heterocycles. The molecule has 0 saturated carbocycles. The van der Waals surface area contributed by atoms with Crippen molar-refractivity contribution < 1.29 is 0 Å². The summed E-state index contributed by atoms with van der Waals surface area (Å²) in [4.78, 5) is 0. The van der Waals surface area contributed by atoms with Gasteiger partial charge in [0.15, 0.2) is 0 Å². The molecule has 0 aliphatic heterocycles. The van der Waals surface area contributed by atoms with E-state index in [9.17, 15) is 0 Å². The van der Waals surface area contributed by atoms with Gasteiger partial charge in [-0.25, -0.2) is 0 Å². The van der Waals surface area contributed by atoms with Gasteiger partial charge in [0.1, 0.15) is 0 Å². The van der Waals surface area contributed by atoms with E-state index in [1.54, 1.807) is 0 Å². The molecule has 4 aromatic rings. The summed E-state index contributed by atoms with van der Waals surface area (Å²) in [6.45, 7) is 8.79. The van der Waals surface area contributed by atoms with Crippen LogP contribution in [0.25, 0.3) is 0 Å². The van der Waals surface area contributed by atoms with Crippen molar-refractivity contribution in [3.8, 4) is 0 Å². The third kappa shape index (κ3) is 10.7. The Bertz CT molecular complexity index is 1240. The third-order valence-electron chi connectivity index (χ3n) is 7.73. The maximum Gasteiger partial charge on any atom is 0.0210 e. The van der Waals surface area contributed by atoms with Crippen molar-refractivity contribution in [2.24, 2.45) is 0 Å². The van der Waals surface area contributed by atoms with Crippen LogP contribution in [0.2, 0.25) is 0 Å². The lowest BCUT2D eigenvalue weighted by Crippen LogP contribution is -1.93.